The number of benzene rings is 1. The van der Waals surface area contributed by atoms with E-state index in [0.717, 1.165) is 15.6 Å². The minimum Gasteiger partial charge on any atom is -0.461 e. The van der Waals surface area contributed by atoms with Crippen LogP contribution in [0.5, 0.6) is 0 Å². The molecule has 4 atom stereocenters. The third-order valence-corrected chi connectivity index (χ3v) is 6.08. The lowest BCUT2D eigenvalue weighted by molar-refractivity contribution is -0.144. The second kappa shape index (κ2) is 10.0. The van der Waals surface area contributed by atoms with Gasteiger partial charge in [-0.1, -0.05) is 32.9 Å². The maximum absolute atomic E-state index is 13.5. The van der Waals surface area contributed by atoms with Crippen molar-refractivity contribution in [1.29, 1.82) is 0 Å². The molecule has 0 aliphatic carbocycles. The van der Waals surface area contributed by atoms with Gasteiger partial charge in [-0.15, -0.1) is 0 Å². The summed E-state index contributed by atoms with van der Waals surface area (Å²) in [5.41, 5.74) is 0.335. The zero-order valence-corrected chi connectivity index (χ0v) is 21.3. The third kappa shape index (κ3) is 7.05. The summed E-state index contributed by atoms with van der Waals surface area (Å²) in [6.07, 6.45) is -1.06. The van der Waals surface area contributed by atoms with Crippen LogP contribution < -0.4 is 5.32 Å². The van der Waals surface area contributed by atoms with Crippen molar-refractivity contribution in [1.82, 2.24) is 10.2 Å². The number of nitrogens with one attached hydrogen (secondary N) is 1. The molecule has 0 aromatic heterocycles. The Morgan fingerprint density at radius 2 is 1.81 bits per heavy atom. The molecule has 1 saturated heterocycles. The second-order valence-electron chi connectivity index (χ2n) is 10.2. The number of carbonyl (C=O) groups excluding carboxylic acids is 2. The molecule has 174 valence electrons. The van der Waals surface area contributed by atoms with Crippen molar-refractivity contribution >= 4 is 34.6 Å². The van der Waals surface area contributed by atoms with Gasteiger partial charge in [0.05, 0.1) is 18.6 Å². The molecule has 1 aromatic carbocycles. The van der Waals surface area contributed by atoms with E-state index in [0.29, 0.717) is 0 Å². The standard InChI is InChI=1S/C23H35IN2O5/c1-14-18(17(28)12-27)19(20(29)31-14)26(11-15-7-9-16(24)10-8-15)21(30)25-23(5,6)13-22(2,3)4/h7-10,14,17-19,27-28H,11-13H2,1-6H3,(H,25,30)/t14-,17-,18+,19-/m1/s1. The topological polar surface area (TPSA) is 99.1 Å². The van der Waals surface area contributed by atoms with Gasteiger partial charge < -0.3 is 25.2 Å². The molecule has 1 fully saturated rings. The Hall–Kier alpha value is -1.39. The molecule has 2 rings (SSSR count). The predicted octanol–water partition coefficient (Wildman–Crippen LogP) is 3.30. The van der Waals surface area contributed by atoms with Crippen LogP contribution >= 0.6 is 22.6 Å². The van der Waals surface area contributed by atoms with Crippen molar-refractivity contribution in [2.45, 2.75) is 78.3 Å². The van der Waals surface area contributed by atoms with Crippen LogP contribution in [-0.2, 0) is 16.1 Å². The summed E-state index contributed by atoms with van der Waals surface area (Å²) >= 11 is 2.21. The highest BCUT2D eigenvalue weighted by Gasteiger charge is 2.50. The van der Waals surface area contributed by atoms with E-state index in [9.17, 15) is 19.8 Å². The highest BCUT2D eigenvalue weighted by molar-refractivity contribution is 14.1. The van der Waals surface area contributed by atoms with E-state index in [2.05, 4.69) is 48.7 Å². The van der Waals surface area contributed by atoms with Gasteiger partial charge in [0.1, 0.15) is 12.1 Å². The van der Waals surface area contributed by atoms with Crippen LogP contribution in [0.4, 0.5) is 4.79 Å². The van der Waals surface area contributed by atoms with Crippen molar-refractivity contribution in [3.63, 3.8) is 0 Å². The number of urea groups is 1. The number of aliphatic hydroxyl groups is 2. The van der Waals surface area contributed by atoms with Crippen molar-refractivity contribution < 1.29 is 24.5 Å². The van der Waals surface area contributed by atoms with Crippen LogP contribution in [0.1, 0.15) is 53.5 Å². The number of halogens is 1. The van der Waals surface area contributed by atoms with Crippen LogP contribution in [-0.4, -0.2) is 57.5 Å². The quantitative estimate of drug-likeness (QED) is 0.360. The average Bonchev–Trinajstić information content (AvgIpc) is 2.91. The van der Waals surface area contributed by atoms with E-state index in [4.69, 9.17) is 4.74 Å². The van der Waals surface area contributed by atoms with Crippen LogP contribution in [0.15, 0.2) is 24.3 Å². The van der Waals surface area contributed by atoms with Crippen molar-refractivity contribution in [3.8, 4) is 0 Å². The van der Waals surface area contributed by atoms with Crippen LogP contribution in [0.3, 0.4) is 0 Å². The monoisotopic (exact) mass is 546 g/mol. The van der Waals surface area contributed by atoms with Crippen LogP contribution in [0.25, 0.3) is 0 Å². The summed E-state index contributed by atoms with van der Waals surface area (Å²) in [5.74, 6) is -1.29. The first-order valence-corrected chi connectivity index (χ1v) is 11.6. The number of nitrogens with zero attached hydrogens (tertiary/aromatic N) is 1. The molecule has 1 aromatic rings. The van der Waals surface area contributed by atoms with Crippen molar-refractivity contribution in [3.05, 3.63) is 33.4 Å². The Balaban J connectivity index is 2.39. The number of amides is 2. The molecule has 31 heavy (non-hydrogen) atoms. The first-order chi connectivity index (χ1) is 14.2. The fourth-order valence-electron chi connectivity index (χ4n) is 4.54. The summed E-state index contributed by atoms with van der Waals surface area (Å²) in [4.78, 5) is 27.7. The molecule has 0 saturated carbocycles. The van der Waals surface area contributed by atoms with Crippen LogP contribution in [0.2, 0.25) is 0 Å². The van der Waals surface area contributed by atoms with Gasteiger partial charge in [-0.05, 0) is 72.9 Å². The molecular formula is C23H35IN2O5. The Kier molecular flexibility index (Phi) is 8.38. The van der Waals surface area contributed by atoms with E-state index in [-0.39, 0.29) is 12.0 Å². The molecule has 0 bridgehead atoms. The lowest BCUT2D eigenvalue weighted by atomic mass is 9.82. The van der Waals surface area contributed by atoms with Crippen molar-refractivity contribution in [2.24, 2.45) is 11.3 Å². The lowest BCUT2D eigenvalue weighted by Crippen LogP contribution is -2.57. The summed E-state index contributed by atoms with van der Waals surface area (Å²) in [5, 5.41) is 23.0. The fourth-order valence-corrected chi connectivity index (χ4v) is 4.90. The maximum Gasteiger partial charge on any atom is 0.329 e. The van der Waals surface area contributed by atoms with Gasteiger partial charge in [-0.3, -0.25) is 0 Å². The Labute approximate surface area is 198 Å². The molecule has 1 heterocycles. The normalized spacial score (nSPS) is 22.7. The molecule has 2 amide bonds. The summed E-state index contributed by atoms with van der Waals surface area (Å²) in [6.45, 7) is 11.6. The van der Waals surface area contributed by atoms with Gasteiger partial charge in [-0.2, -0.15) is 0 Å². The number of hydrogen-bond acceptors (Lipinski definition) is 5. The number of cyclic esters (lactones) is 1. The zero-order valence-electron chi connectivity index (χ0n) is 19.2. The van der Waals surface area contributed by atoms with Crippen LogP contribution in [0, 0.1) is 14.9 Å². The first kappa shape index (κ1) is 25.9. The van der Waals surface area contributed by atoms with Gasteiger partial charge in [0, 0.05) is 15.7 Å². The Bertz CT molecular complexity index is 775. The number of carbonyl (C=O) groups is 2. The Morgan fingerprint density at radius 3 is 2.32 bits per heavy atom. The highest BCUT2D eigenvalue weighted by Crippen LogP contribution is 2.32. The molecule has 0 radical (unpaired) electrons. The highest BCUT2D eigenvalue weighted by atomic mass is 127. The van der Waals surface area contributed by atoms with Gasteiger partial charge in [-0.25, -0.2) is 9.59 Å². The molecule has 8 heteroatoms. The number of aliphatic hydroxyl groups excluding tert-OH is 2. The number of rotatable bonds is 7. The number of hydrogen-bond donors (Lipinski definition) is 3. The molecule has 1 aliphatic rings. The van der Waals surface area contributed by atoms with Gasteiger partial charge in [0.25, 0.3) is 0 Å². The SMILES string of the molecule is C[C@H]1OC(=O)[C@H](N(Cc2ccc(I)cc2)C(=O)NC(C)(C)CC(C)(C)C)[C@@H]1[C@H](O)CO. The van der Waals surface area contributed by atoms with Gasteiger partial charge >= 0.3 is 12.0 Å². The van der Waals surface area contributed by atoms with E-state index in [1.54, 1.807) is 6.92 Å². The lowest BCUT2D eigenvalue weighted by Gasteiger charge is -2.38. The smallest absolute Gasteiger partial charge is 0.329 e. The van der Waals surface area contributed by atoms with E-state index in [1.165, 1.54) is 4.90 Å². The van der Waals surface area contributed by atoms with E-state index < -0.39 is 48.3 Å². The summed E-state index contributed by atoms with van der Waals surface area (Å²) in [6, 6.07) is 6.28. The molecule has 7 nitrogen and oxygen atoms in total. The largest absolute Gasteiger partial charge is 0.461 e. The van der Waals surface area contributed by atoms with E-state index in [1.807, 2.05) is 38.1 Å². The summed E-state index contributed by atoms with van der Waals surface area (Å²) in [7, 11) is 0. The van der Waals surface area contributed by atoms with Gasteiger partial charge in [0.15, 0.2) is 0 Å². The average molecular weight is 546 g/mol. The summed E-state index contributed by atoms with van der Waals surface area (Å²) < 4.78 is 6.44. The molecule has 0 unspecified atom stereocenters. The zero-order chi connectivity index (χ0) is 23.6. The molecule has 1 aliphatic heterocycles. The predicted molar refractivity (Wildman–Crippen MR) is 127 cm³/mol. The minimum atomic E-state index is -1.18. The Morgan fingerprint density at radius 1 is 1.23 bits per heavy atom. The number of ether oxygens (including phenoxy) is 1. The maximum atomic E-state index is 13.5. The minimum absolute atomic E-state index is 0.00581. The second-order valence-corrected chi connectivity index (χ2v) is 11.5. The molecular weight excluding hydrogens is 511 g/mol. The van der Waals surface area contributed by atoms with Gasteiger partial charge in [0.2, 0.25) is 0 Å². The van der Waals surface area contributed by atoms with Crippen molar-refractivity contribution in [2.75, 3.05) is 6.61 Å². The van der Waals surface area contributed by atoms with E-state index >= 15 is 0 Å². The number of esters is 1. The fraction of sp³-hybridized carbons (Fsp3) is 0.652. The molecule has 0 spiro atoms. The first-order valence-electron chi connectivity index (χ1n) is 10.6. The third-order valence-electron chi connectivity index (χ3n) is 5.36. The molecule has 3 N–H and O–H groups in total.